The topological polar surface area (TPSA) is 21.3 Å². The molecule has 0 fully saturated rings. The van der Waals surface area contributed by atoms with Gasteiger partial charge >= 0.3 is 6.61 Å². The summed E-state index contributed by atoms with van der Waals surface area (Å²) in [6, 6.07) is 6.31. The standard InChI is InChI=1S/C11H11F2NO/c1-14-7-3-5-9-4-2-6-10(8-9)15-11(12)13/h2,4,6,8,11,14H,7H2,1H3. The molecule has 0 aliphatic carbocycles. The van der Waals surface area contributed by atoms with Gasteiger partial charge in [0.2, 0.25) is 0 Å². The highest BCUT2D eigenvalue weighted by Gasteiger charge is 2.03. The first-order chi connectivity index (χ1) is 7.22. The monoisotopic (exact) mass is 211 g/mol. The average molecular weight is 211 g/mol. The highest BCUT2D eigenvalue weighted by Crippen LogP contribution is 2.14. The molecule has 1 aromatic carbocycles. The smallest absolute Gasteiger partial charge is 0.387 e. The van der Waals surface area contributed by atoms with Crippen LogP contribution in [0.4, 0.5) is 8.78 Å². The van der Waals surface area contributed by atoms with Crippen molar-refractivity contribution in [1.29, 1.82) is 0 Å². The molecule has 0 aliphatic rings. The third-order valence-electron chi connectivity index (χ3n) is 1.56. The van der Waals surface area contributed by atoms with Gasteiger partial charge in [-0.3, -0.25) is 0 Å². The molecule has 2 nitrogen and oxygen atoms in total. The van der Waals surface area contributed by atoms with E-state index < -0.39 is 6.61 Å². The molecule has 80 valence electrons. The molecule has 0 saturated heterocycles. The third-order valence-corrected chi connectivity index (χ3v) is 1.56. The van der Waals surface area contributed by atoms with E-state index in [9.17, 15) is 8.78 Å². The Bertz CT molecular complexity index is 368. The molecule has 0 saturated carbocycles. The first-order valence-corrected chi connectivity index (χ1v) is 4.40. The van der Waals surface area contributed by atoms with Crippen LogP contribution in [-0.2, 0) is 0 Å². The van der Waals surface area contributed by atoms with Gasteiger partial charge in [-0.25, -0.2) is 0 Å². The van der Waals surface area contributed by atoms with Crippen LogP contribution in [-0.4, -0.2) is 20.2 Å². The fourth-order valence-electron chi connectivity index (χ4n) is 0.985. The molecule has 1 rings (SSSR count). The van der Waals surface area contributed by atoms with Gasteiger partial charge in [0.25, 0.3) is 0 Å². The Balaban J connectivity index is 2.71. The molecule has 0 aromatic heterocycles. The van der Waals surface area contributed by atoms with E-state index in [1.165, 1.54) is 12.1 Å². The largest absolute Gasteiger partial charge is 0.435 e. The lowest BCUT2D eigenvalue weighted by atomic mass is 10.2. The fraction of sp³-hybridized carbons (Fsp3) is 0.273. The van der Waals surface area contributed by atoms with Crippen LogP contribution in [0.15, 0.2) is 24.3 Å². The SMILES string of the molecule is CNCC#Cc1cccc(OC(F)F)c1. The minimum absolute atomic E-state index is 0.126. The fourth-order valence-corrected chi connectivity index (χ4v) is 0.985. The van der Waals surface area contributed by atoms with Crippen LogP contribution in [0.2, 0.25) is 0 Å². The van der Waals surface area contributed by atoms with Gasteiger partial charge in [0, 0.05) is 5.56 Å². The number of hydrogen-bond acceptors (Lipinski definition) is 2. The maximum Gasteiger partial charge on any atom is 0.387 e. The van der Waals surface area contributed by atoms with Crippen molar-refractivity contribution in [2.45, 2.75) is 6.61 Å². The molecule has 0 atom stereocenters. The molecule has 0 unspecified atom stereocenters. The second kappa shape index (κ2) is 5.99. The van der Waals surface area contributed by atoms with Crippen LogP contribution in [0.1, 0.15) is 5.56 Å². The second-order valence-corrected chi connectivity index (χ2v) is 2.74. The summed E-state index contributed by atoms with van der Waals surface area (Å²) in [4.78, 5) is 0. The van der Waals surface area contributed by atoms with Gasteiger partial charge in [-0.2, -0.15) is 8.78 Å². The Hall–Kier alpha value is -1.60. The third kappa shape index (κ3) is 4.43. The zero-order valence-electron chi connectivity index (χ0n) is 8.26. The van der Waals surface area contributed by atoms with Gasteiger partial charge in [-0.1, -0.05) is 17.9 Å². The molecular formula is C11H11F2NO. The zero-order chi connectivity index (χ0) is 11.1. The Morgan fingerprint density at radius 3 is 2.93 bits per heavy atom. The van der Waals surface area contributed by atoms with Crippen molar-refractivity contribution in [3.63, 3.8) is 0 Å². The van der Waals surface area contributed by atoms with E-state index in [1.54, 1.807) is 19.2 Å². The number of alkyl halides is 2. The van der Waals surface area contributed by atoms with Gasteiger partial charge in [-0.15, -0.1) is 0 Å². The average Bonchev–Trinajstić information content (AvgIpc) is 2.18. The molecular weight excluding hydrogens is 200 g/mol. The summed E-state index contributed by atoms with van der Waals surface area (Å²) in [5.74, 6) is 5.78. The number of rotatable bonds is 3. The molecule has 0 bridgehead atoms. The van der Waals surface area contributed by atoms with E-state index in [0.717, 1.165) is 0 Å². The molecule has 0 radical (unpaired) electrons. The van der Waals surface area contributed by atoms with Gasteiger partial charge in [-0.05, 0) is 25.2 Å². The summed E-state index contributed by atoms with van der Waals surface area (Å²) < 4.78 is 28.0. The second-order valence-electron chi connectivity index (χ2n) is 2.74. The van der Waals surface area contributed by atoms with Crippen molar-refractivity contribution >= 4 is 0 Å². The summed E-state index contributed by atoms with van der Waals surface area (Å²) in [6.07, 6.45) is 0. The lowest BCUT2D eigenvalue weighted by molar-refractivity contribution is -0.0498. The molecule has 1 N–H and O–H groups in total. The van der Waals surface area contributed by atoms with E-state index in [0.29, 0.717) is 12.1 Å². The molecule has 15 heavy (non-hydrogen) atoms. The number of halogens is 2. The predicted molar refractivity (Wildman–Crippen MR) is 53.9 cm³/mol. The lowest BCUT2D eigenvalue weighted by Gasteiger charge is -2.03. The Labute approximate surface area is 87.2 Å². The first kappa shape index (κ1) is 11.5. The summed E-state index contributed by atoms with van der Waals surface area (Å²) in [7, 11) is 1.78. The minimum Gasteiger partial charge on any atom is -0.435 e. The number of ether oxygens (including phenoxy) is 1. The summed E-state index contributed by atoms with van der Waals surface area (Å²) >= 11 is 0. The summed E-state index contributed by atoms with van der Waals surface area (Å²) in [5, 5.41) is 2.86. The maximum absolute atomic E-state index is 11.9. The van der Waals surface area contributed by atoms with E-state index >= 15 is 0 Å². The normalized spacial score (nSPS) is 9.60. The maximum atomic E-state index is 11.9. The van der Waals surface area contributed by atoms with Crippen LogP contribution in [0, 0.1) is 11.8 Å². The van der Waals surface area contributed by atoms with Crippen LogP contribution >= 0.6 is 0 Å². The van der Waals surface area contributed by atoms with Crippen LogP contribution in [0.25, 0.3) is 0 Å². The number of benzene rings is 1. The van der Waals surface area contributed by atoms with Crippen molar-refractivity contribution in [3.05, 3.63) is 29.8 Å². The van der Waals surface area contributed by atoms with Crippen molar-refractivity contribution < 1.29 is 13.5 Å². The first-order valence-electron chi connectivity index (χ1n) is 4.40. The van der Waals surface area contributed by atoms with Crippen LogP contribution in [0.3, 0.4) is 0 Å². The lowest BCUT2D eigenvalue weighted by Crippen LogP contribution is -2.04. The van der Waals surface area contributed by atoms with Crippen molar-refractivity contribution in [2.75, 3.05) is 13.6 Å². The van der Waals surface area contributed by atoms with Gasteiger partial charge < -0.3 is 10.1 Å². The van der Waals surface area contributed by atoms with Crippen molar-refractivity contribution in [1.82, 2.24) is 5.32 Å². The predicted octanol–water partition coefficient (Wildman–Crippen LogP) is 1.86. The van der Waals surface area contributed by atoms with Crippen molar-refractivity contribution in [3.8, 4) is 17.6 Å². The van der Waals surface area contributed by atoms with Gasteiger partial charge in [0.15, 0.2) is 0 Å². The molecule has 0 amide bonds. The van der Waals surface area contributed by atoms with E-state index in [1.807, 2.05) is 0 Å². The molecule has 4 heteroatoms. The molecule has 1 aromatic rings. The van der Waals surface area contributed by atoms with E-state index in [-0.39, 0.29) is 5.75 Å². The van der Waals surface area contributed by atoms with Crippen LogP contribution in [0.5, 0.6) is 5.75 Å². The van der Waals surface area contributed by atoms with E-state index in [4.69, 9.17) is 0 Å². The molecule has 0 heterocycles. The zero-order valence-corrected chi connectivity index (χ0v) is 8.26. The van der Waals surface area contributed by atoms with Crippen molar-refractivity contribution in [2.24, 2.45) is 0 Å². The number of hydrogen-bond donors (Lipinski definition) is 1. The Morgan fingerprint density at radius 2 is 2.27 bits per heavy atom. The summed E-state index contributed by atoms with van der Waals surface area (Å²) in [6.45, 7) is -2.24. The summed E-state index contributed by atoms with van der Waals surface area (Å²) in [5.41, 5.74) is 0.656. The highest BCUT2D eigenvalue weighted by molar-refractivity contribution is 5.39. The minimum atomic E-state index is -2.80. The molecule has 0 aliphatic heterocycles. The number of nitrogens with one attached hydrogen (secondary N) is 1. The quantitative estimate of drug-likeness (QED) is 0.770. The highest BCUT2D eigenvalue weighted by atomic mass is 19.3. The van der Waals surface area contributed by atoms with E-state index in [2.05, 4.69) is 21.9 Å². The van der Waals surface area contributed by atoms with Gasteiger partial charge in [0.1, 0.15) is 5.75 Å². The Kier molecular flexibility index (Phi) is 4.58. The molecule has 0 spiro atoms. The Morgan fingerprint density at radius 1 is 1.47 bits per heavy atom. The van der Waals surface area contributed by atoms with Crippen LogP contribution < -0.4 is 10.1 Å². The van der Waals surface area contributed by atoms with Gasteiger partial charge in [0.05, 0.1) is 6.54 Å².